The molecule has 0 aromatic carbocycles. The molecule has 4 aromatic rings. The molecule has 0 radical (unpaired) electrons. The zero-order valence-corrected chi connectivity index (χ0v) is 18.1. The van der Waals surface area contributed by atoms with E-state index in [2.05, 4.69) is 9.97 Å². The Morgan fingerprint density at radius 3 is 2.72 bits per heavy atom. The maximum atomic E-state index is 12.5. The first-order valence-electron chi connectivity index (χ1n) is 11.4. The first kappa shape index (κ1) is 17.9. The number of hydrogen-bond acceptors (Lipinski definition) is 7. The quantitative estimate of drug-likeness (QED) is 0.426. The van der Waals surface area contributed by atoms with Crippen LogP contribution in [0.15, 0.2) is 39.8 Å². The summed E-state index contributed by atoms with van der Waals surface area (Å²) < 4.78 is 40.1. The molecule has 166 valence electrons. The molecule has 9 heteroatoms. The number of aryl methyl sites for hydroxylation is 3. The molecule has 0 aliphatic carbocycles. The maximum Gasteiger partial charge on any atom is 0.358 e. The second-order valence-corrected chi connectivity index (χ2v) is 7.33. The van der Waals surface area contributed by atoms with Crippen LogP contribution in [0.1, 0.15) is 26.1 Å². The Morgan fingerprint density at radius 1 is 1.28 bits per heavy atom. The van der Waals surface area contributed by atoms with E-state index in [1.165, 1.54) is 14.2 Å². The van der Waals surface area contributed by atoms with Crippen molar-refractivity contribution in [3.05, 3.63) is 58.0 Å². The highest BCUT2D eigenvalue weighted by atomic mass is 16.5. The third kappa shape index (κ3) is 3.60. The van der Waals surface area contributed by atoms with Gasteiger partial charge in [0.2, 0.25) is 0 Å². The number of carbonyl (C=O) groups is 1. The Morgan fingerprint density at radius 2 is 2.09 bits per heavy atom. The van der Waals surface area contributed by atoms with E-state index in [-0.39, 0.29) is 24.4 Å². The van der Waals surface area contributed by atoms with Gasteiger partial charge in [0.15, 0.2) is 5.69 Å². The van der Waals surface area contributed by atoms with Crippen molar-refractivity contribution in [3.8, 4) is 22.5 Å². The van der Waals surface area contributed by atoms with Crippen molar-refractivity contribution in [2.24, 2.45) is 7.05 Å². The predicted molar refractivity (Wildman–Crippen MR) is 119 cm³/mol. The molecule has 32 heavy (non-hydrogen) atoms. The van der Waals surface area contributed by atoms with E-state index in [1.54, 1.807) is 36.7 Å². The van der Waals surface area contributed by atoms with Crippen molar-refractivity contribution >= 4 is 16.9 Å². The van der Waals surface area contributed by atoms with Crippen LogP contribution in [0, 0.1) is 13.8 Å². The van der Waals surface area contributed by atoms with Crippen molar-refractivity contribution in [1.29, 1.82) is 0 Å². The van der Waals surface area contributed by atoms with Gasteiger partial charge in [-0.15, -0.1) is 0 Å². The van der Waals surface area contributed by atoms with Gasteiger partial charge >= 0.3 is 5.97 Å². The van der Waals surface area contributed by atoms with E-state index in [9.17, 15) is 9.59 Å². The summed E-state index contributed by atoms with van der Waals surface area (Å²) in [5, 5.41) is 0.715. The van der Waals surface area contributed by atoms with Crippen molar-refractivity contribution < 1.29 is 22.9 Å². The van der Waals surface area contributed by atoms with Crippen molar-refractivity contribution in [3.63, 3.8) is 0 Å². The Labute approximate surface area is 188 Å². The first-order valence-corrected chi connectivity index (χ1v) is 9.87. The Balaban J connectivity index is 1.85. The minimum absolute atomic E-state index is 0.108. The molecule has 0 saturated heterocycles. The van der Waals surface area contributed by atoms with Crippen molar-refractivity contribution in [1.82, 2.24) is 19.3 Å². The summed E-state index contributed by atoms with van der Waals surface area (Å²) in [4.78, 5) is 33.8. The molecule has 0 aliphatic heterocycles. The van der Waals surface area contributed by atoms with Crippen LogP contribution in [0.4, 0.5) is 0 Å². The molecule has 0 amide bonds. The summed E-state index contributed by atoms with van der Waals surface area (Å²) in [6.45, 7) is 3.46. The van der Waals surface area contributed by atoms with Crippen LogP contribution in [-0.4, -0.2) is 46.0 Å². The second-order valence-electron chi connectivity index (χ2n) is 7.33. The molecular formula is C23H24N4O5. The number of methoxy groups -OCH3 is 2. The fourth-order valence-corrected chi connectivity index (χ4v) is 3.87. The molecule has 0 fully saturated rings. The van der Waals surface area contributed by atoms with E-state index in [0.717, 1.165) is 4.74 Å². The Hall–Kier alpha value is -3.72. The molecule has 4 rings (SSSR count). The highest BCUT2D eigenvalue weighted by molar-refractivity contribution is 6.03. The number of esters is 1. The minimum Gasteiger partial charge on any atom is -0.464 e. The maximum absolute atomic E-state index is 12.5. The highest BCUT2D eigenvalue weighted by Gasteiger charge is 2.21. The number of rotatable bonds is 6. The first-order chi connectivity index (χ1) is 16.5. The van der Waals surface area contributed by atoms with E-state index in [0.29, 0.717) is 44.9 Å². The molecule has 0 N–H and O–H groups in total. The van der Waals surface area contributed by atoms with Gasteiger partial charge in [0.25, 0.3) is 5.56 Å². The molecule has 0 spiro atoms. The van der Waals surface area contributed by atoms with Gasteiger partial charge in [-0.05, 0) is 32.0 Å². The van der Waals surface area contributed by atoms with Gasteiger partial charge in [0, 0.05) is 43.5 Å². The van der Waals surface area contributed by atoms with E-state index in [4.69, 9.17) is 18.1 Å². The lowest BCUT2D eigenvalue weighted by Crippen LogP contribution is -2.12. The van der Waals surface area contributed by atoms with Crippen LogP contribution < -0.4 is 5.56 Å². The number of ether oxygens (including phenoxy) is 2. The zero-order valence-electron chi connectivity index (χ0n) is 21.1. The lowest BCUT2D eigenvalue weighted by molar-refractivity contribution is 0.0595. The summed E-state index contributed by atoms with van der Waals surface area (Å²) in [6, 6.07) is 7.16. The van der Waals surface area contributed by atoms with E-state index >= 15 is 0 Å². The average molecular weight is 439 g/mol. The highest BCUT2D eigenvalue weighted by Crippen LogP contribution is 2.31. The molecule has 4 heterocycles. The molecule has 0 bridgehead atoms. The number of carbonyl (C=O) groups excluding carboxylic acids is 1. The van der Waals surface area contributed by atoms with Crippen molar-refractivity contribution in [2.75, 3.05) is 20.8 Å². The molecule has 0 aliphatic rings. The molecule has 4 aromatic heterocycles. The topological polar surface area (TPSA) is 101 Å². The van der Waals surface area contributed by atoms with Crippen LogP contribution in [0.2, 0.25) is 0 Å². The van der Waals surface area contributed by atoms with Crippen molar-refractivity contribution in [2.45, 2.75) is 20.4 Å². The molecule has 0 unspecified atom stereocenters. The normalized spacial score (nSPS) is 13.1. The van der Waals surface area contributed by atoms with Gasteiger partial charge < -0.3 is 18.6 Å². The molecule has 9 nitrogen and oxygen atoms in total. The Kier molecular flexibility index (Phi) is 4.72. The third-order valence-electron chi connectivity index (χ3n) is 5.24. The van der Waals surface area contributed by atoms with Crippen LogP contribution in [-0.2, 0) is 23.1 Å². The van der Waals surface area contributed by atoms with Gasteiger partial charge in [0.1, 0.15) is 5.76 Å². The monoisotopic (exact) mass is 439 g/mol. The number of pyridine rings is 2. The fourth-order valence-electron chi connectivity index (χ4n) is 3.87. The summed E-state index contributed by atoms with van der Waals surface area (Å²) in [5.74, 6) is -0.136. The lowest BCUT2D eigenvalue weighted by Gasteiger charge is -2.12. The van der Waals surface area contributed by atoms with E-state index in [1.807, 2.05) is 12.1 Å². The SMILES string of the molecule is [2H]C([2H])([2H])OCCn1c(-c2ccc(-c3c(C)on(C)c3=O)cn2)cc2cc(C)nc(C(=O)OC)c21. The standard InChI is InChI=1S/C23H24N4O5/c1-13-10-16-11-18(27(8-9-30-4)21(16)20(25-13)23(29)31-5)17-7-6-15(12-24-17)19-14(2)32-26(3)22(19)28/h6-7,10-12H,8-9H2,1-5H3/i4D3. The summed E-state index contributed by atoms with van der Waals surface area (Å²) in [6.07, 6.45) is 1.57. The van der Waals surface area contributed by atoms with Gasteiger partial charge in [-0.2, -0.15) is 4.74 Å². The molecule has 0 saturated carbocycles. The van der Waals surface area contributed by atoms with Crippen LogP contribution >= 0.6 is 0 Å². The summed E-state index contributed by atoms with van der Waals surface area (Å²) in [7, 11) is 0.250. The number of aromatic nitrogens is 4. The van der Waals surface area contributed by atoms with E-state index < -0.39 is 13.0 Å². The van der Waals surface area contributed by atoms with Gasteiger partial charge in [-0.1, -0.05) is 6.07 Å². The average Bonchev–Trinajstić information content (AvgIpc) is 3.27. The zero-order chi connectivity index (χ0) is 25.5. The lowest BCUT2D eigenvalue weighted by atomic mass is 10.1. The third-order valence-corrected chi connectivity index (χ3v) is 5.24. The number of hydrogen-bond donors (Lipinski definition) is 0. The number of nitrogens with zero attached hydrogens (tertiary/aromatic N) is 4. The molecular weight excluding hydrogens is 412 g/mol. The fraction of sp³-hybridized carbons (Fsp3) is 0.304. The second kappa shape index (κ2) is 8.43. The predicted octanol–water partition coefficient (Wildman–Crippen LogP) is 3.11. The van der Waals surface area contributed by atoms with Gasteiger partial charge in [0.05, 0.1) is 40.3 Å². The largest absolute Gasteiger partial charge is 0.464 e. The van der Waals surface area contributed by atoms with Crippen LogP contribution in [0.5, 0.6) is 0 Å². The minimum atomic E-state index is -2.56. The van der Waals surface area contributed by atoms with Gasteiger partial charge in [-0.25, -0.2) is 9.78 Å². The van der Waals surface area contributed by atoms with Crippen LogP contribution in [0.25, 0.3) is 33.4 Å². The molecule has 0 atom stereocenters. The Bertz CT molecular complexity index is 1470. The summed E-state index contributed by atoms with van der Waals surface area (Å²) >= 11 is 0. The van der Waals surface area contributed by atoms with Gasteiger partial charge in [-0.3, -0.25) is 9.78 Å². The smallest absolute Gasteiger partial charge is 0.358 e. The summed E-state index contributed by atoms with van der Waals surface area (Å²) in [5.41, 5.74) is 3.13. The number of fused-ring (bicyclic) bond motifs is 1. The van der Waals surface area contributed by atoms with Crippen LogP contribution in [0.3, 0.4) is 0 Å².